The number of halogens is 2. The third kappa shape index (κ3) is 3.94. The third-order valence-corrected chi connectivity index (χ3v) is 3.26. The number of rotatable bonds is 4. The standard InChI is InChI=1S/C11H17F2NO3/c1-7(5-9(15)16)8-3-2-4-14(6-8)11(17)10(12)13/h7-8,10H,2-6H2,1H3,(H,15,16). The highest BCUT2D eigenvalue weighted by atomic mass is 19.3. The molecule has 6 heteroatoms. The van der Waals surface area contributed by atoms with Gasteiger partial charge in [0.25, 0.3) is 5.91 Å². The molecule has 0 aromatic heterocycles. The lowest BCUT2D eigenvalue weighted by atomic mass is 9.84. The van der Waals surface area contributed by atoms with Crippen molar-refractivity contribution in [3.8, 4) is 0 Å². The predicted octanol–water partition coefficient (Wildman–Crippen LogP) is 1.60. The van der Waals surface area contributed by atoms with Crippen molar-refractivity contribution in [1.29, 1.82) is 0 Å². The fourth-order valence-corrected chi connectivity index (χ4v) is 2.25. The van der Waals surface area contributed by atoms with Gasteiger partial charge in [-0.3, -0.25) is 9.59 Å². The maximum atomic E-state index is 12.3. The fraction of sp³-hybridized carbons (Fsp3) is 0.818. The summed E-state index contributed by atoms with van der Waals surface area (Å²) in [4.78, 5) is 22.9. The first kappa shape index (κ1) is 13.9. The molecule has 1 fully saturated rings. The van der Waals surface area contributed by atoms with Gasteiger partial charge in [0, 0.05) is 19.5 Å². The maximum absolute atomic E-state index is 12.3. The highest BCUT2D eigenvalue weighted by Gasteiger charge is 2.31. The van der Waals surface area contributed by atoms with E-state index in [-0.39, 0.29) is 24.8 Å². The molecule has 0 aromatic rings. The van der Waals surface area contributed by atoms with Crippen LogP contribution in [0, 0.1) is 11.8 Å². The van der Waals surface area contributed by atoms with Crippen molar-refractivity contribution in [3.05, 3.63) is 0 Å². The number of alkyl halides is 2. The van der Waals surface area contributed by atoms with E-state index in [0.717, 1.165) is 11.3 Å². The number of amides is 1. The van der Waals surface area contributed by atoms with Crippen LogP contribution < -0.4 is 0 Å². The normalized spacial score (nSPS) is 22.6. The molecule has 0 saturated carbocycles. The van der Waals surface area contributed by atoms with Crippen LogP contribution in [-0.2, 0) is 9.59 Å². The molecule has 0 aliphatic carbocycles. The molecule has 1 rings (SSSR count). The minimum absolute atomic E-state index is 0.00236. The van der Waals surface area contributed by atoms with Gasteiger partial charge in [0.05, 0.1) is 0 Å². The summed E-state index contributed by atoms with van der Waals surface area (Å²) in [6.45, 7) is 2.38. The van der Waals surface area contributed by atoms with E-state index in [1.165, 1.54) is 0 Å². The number of piperidine rings is 1. The highest BCUT2D eigenvalue weighted by molar-refractivity contribution is 5.79. The molecule has 0 spiro atoms. The summed E-state index contributed by atoms with van der Waals surface area (Å²) in [6.07, 6.45) is -1.50. The maximum Gasteiger partial charge on any atom is 0.315 e. The molecule has 1 amide bonds. The first-order valence-electron chi connectivity index (χ1n) is 5.70. The molecule has 17 heavy (non-hydrogen) atoms. The SMILES string of the molecule is CC(CC(=O)O)C1CCCN(C(=O)C(F)F)C1. The lowest BCUT2D eigenvalue weighted by molar-refractivity contribution is -0.145. The topological polar surface area (TPSA) is 57.6 Å². The average molecular weight is 249 g/mol. The van der Waals surface area contributed by atoms with Crippen molar-refractivity contribution < 1.29 is 23.5 Å². The first-order valence-corrected chi connectivity index (χ1v) is 5.70. The molecule has 4 nitrogen and oxygen atoms in total. The van der Waals surface area contributed by atoms with Gasteiger partial charge in [0.15, 0.2) is 0 Å². The molecule has 0 bridgehead atoms. The van der Waals surface area contributed by atoms with Crippen LogP contribution in [0.2, 0.25) is 0 Å². The third-order valence-electron chi connectivity index (χ3n) is 3.26. The zero-order valence-corrected chi connectivity index (χ0v) is 9.73. The molecule has 1 N–H and O–H groups in total. The number of carbonyl (C=O) groups is 2. The van der Waals surface area contributed by atoms with Crippen LogP contribution in [0.5, 0.6) is 0 Å². The van der Waals surface area contributed by atoms with Crippen molar-refractivity contribution in [1.82, 2.24) is 4.90 Å². The Morgan fingerprint density at radius 1 is 1.47 bits per heavy atom. The van der Waals surface area contributed by atoms with Gasteiger partial charge in [-0.25, -0.2) is 0 Å². The van der Waals surface area contributed by atoms with Crippen molar-refractivity contribution in [2.75, 3.05) is 13.1 Å². The monoisotopic (exact) mass is 249 g/mol. The Hall–Kier alpha value is -1.20. The van der Waals surface area contributed by atoms with Crippen LogP contribution in [0.15, 0.2) is 0 Å². The van der Waals surface area contributed by atoms with E-state index in [1.54, 1.807) is 6.92 Å². The van der Waals surface area contributed by atoms with Crippen molar-refractivity contribution in [2.24, 2.45) is 11.8 Å². The summed E-state index contributed by atoms with van der Waals surface area (Å²) in [7, 11) is 0. The van der Waals surface area contributed by atoms with Gasteiger partial charge in [0.1, 0.15) is 0 Å². The van der Waals surface area contributed by atoms with Gasteiger partial charge in [-0.15, -0.1) is 0 Å². The molecule has 98 valence electrons. The Labute approximate surface area is 98.6 Å². The van der Waals surface area contributed by atoms with Gasteiger partial charge in [-0.05, 0) is 24.7 Å². The second kappa shape index (κ2) is 5.93. The highest BCUT2D eigenvalue weighted by Crippen LogP contribution is 2.26. The molecular formula is C11H17F2NO3. The Bertz CT molecular complexity index is 296. The number of carboxylic acids is 1. The number of aliphatic carboxylic acids is 1. The molecule has 1 saturated heterocycles. The minimum atomic E-state index is -2.97. The zero-order valence-electron chi connectivity index (χ0n) is 9.73. The molecule has 1 heterocycles. The minimum Gasteiger partial charge on any atom is -0.481 e. The molecule has 0 aromatic carbocycles. The molecule has 2 unspecified atom stereocenters. The van der Waals surface area contributed by atoms with Crippen molar-refractivity contribution in [2.45, 2.75) is 32.6 Å². The van der Waals surface area contributed by atoms with E-state index in [4.69, 9.17) is 5.11 Å². The Morgan fingerprint density at radius 3 is 2.65 bits per heavy atom. The average Bonchev–Trinajstić information content (AvgIpc) is 2.27. The quantitative estimate of drug-likeness (QED) is 0.823. The van der Waals surface area contributed by atoms with Crippen LogP contribution in [0.4, 0.5) is 8.78 Å². The lowest BCUT2D eigenvalue weighted by Crippen LogP contribution is -2.44. The summed E-state index contributed by atoms with van der Waals surface area (Å²) < 4.78 is 24.5. The second-order valence-corrected chi connectivity index (χ2v) is 4.56. The molecule has 1 aliphatic heterocycles. The number of nitrogens with zero attached hydrogens (tertiary/aromatic N) is 1. The summed E-state index contributed by atoms with van der Waals surface area (Å²) in [5, 5.41) is 8.68. The smallest absolute Gasteiger partial charge is 0.315 e. The number of hydrogen-bond donors (Lipinski definition) is 1. The first-order chi connectivity index (χ1) is 7.91. The van der Waals surface area contributed by atoms with E-state index >= 15 is 0 Å². The van der Waals surface area contributed by atoms with Crippen LogP contribution in [0.1, 0.15) is 26.2 Å². The van der Waals surface area contributed by atoms with Gasteiger partial charge >= 0.3 is 12.4 Å². The Balaban J connectivity index is 2.54. The Kier molecular flexibility index (Phi) is 4.84. The lowest BCUT2D eigenvalue weighted by Gasteiger charge is -2.35. The molecular weight excluding hydrogens is 232 g/mol. The van der Waals surface area contributed by atoms with Gasteiger partial charge in [-0.2, -0.15) is 8.78 Å². The van der Waals surface area contributed by atoms with Crippen LogP contribution >= 0.6 is 0 Å². The number of hydrogen-bond acceptors (Lipinski definition) is 2. The van der Waals surface area contributed by atoms with Gasteiger partial charge in [-0.1, -0.05) is 6.92 Å². The van der Waals surface area contributed by atoms with E-state index in [1.807, 2.05) is 0 Å². The van der Waals surface area contributed by atoms with Crippen LogP contribution in [0.3, 0.4) is 0 Å². The second-order valence-electron chi connectivity index (χ2n) is 4.56. The largest absolute Gasteiger partial charge is 0.481 e. The number of likely N-dealkylation sites (tertiary alicyclic amines) is 1. The van der Waals surface area contributed by atoms with E-state index < -0.39 is 18.3 Å². The predicted molar refractivity (Wildman–Crippen MR) is 56.7 cm³/mol. The summed E-state index contributed by atoms with van der Waals surface area (Å²) in [5.41, 5.74) is 0. The summed E-state index contributed by atoms with van der Waals surface area (Å²) in [5.74, 6) is -2.13. The molecule has 1 aliphatic rings. The summed E-state index contributed by atoms with van der Waals surface area (Å²) >= 11 is 0. The zero-order chi connectivity index (χ0) is 13.0. The van der Waals surface area contributed by atoms with Crippen LogP contribution in [0.25, 0.3) is 0 Å². The molecule has 2 atom stereocenters. The number of carboxylic acid groups (broad SMARTS) is 1. The van der Waals surface area contributed by atoms with Crippen molar-refractivity contribution in [3.63, 3.8) is 0 Å². The van der Waals surface area contributed by atoms with Gasteiger partial charge in [0.2, 0.25) is 0 Å². The summed E-state index contributed by atoms with van der Waals surface area (Å²) in [6, 6.07) is 0. The van der Waals surface area contributed by atoms with Gasteiger partial charge < -0.3 is 10.0 Å². The van der Waals surface area contributed by atoms with E-state index in [2.05, 4.69) is 0 Å². The number of carbonyl (C=O) groups excluding carboxylic acids is 1. The Morgan fingerprint density at radius 2 is 2.12 bits per heavy atom. The fourth-order valence-electron chi connectivity index (χ4n) is 2.25. The van der Waals surface area contributed by atoms with E-state index in [9.17, 15) is 18.4 Å². The van der Waals surface area contributed by atoms with Crippen molar-refractivity contribution >= 4 is 11.9 Å². The molecule has 0 radical (unpaired) electrons. The van der Waals surface area contributed by atoms with Crippen LogP contribution in [-0.4, -0.2) is 41.4 Å². The van der Waals surface area contributed by atoms with E-state index in [0.29, 0.717) is 13.0 Å².